The van der Waals surface area contributed by atoms with Gasteiger partial charge in [0.15, 0.2) is 6.61 Å². The van der Waals surface area contributed by atoms with E-state index in [4.69, 9.17) is 10.5 Å². The second-order valence-corrected chi connectivity index (χ2v) is 5.86. The van der Waals surface area contributed by atoms with Crippen molar-refractivity contribution in [1.29, 1.82) is 0 Å². The number of hydrogen-bond donors (Lipinski definition) is 2. The van der Waals surface area contributed by atoms with Crippen molar-refractivity contribution in [2.75, 3.05) is 11.9 Å². The van der Waals surface area contributed by atoms with Crippen LogP contribution in [0, 0.1) is 0 Å². The number of primary amides is 1. The Bertz CT molecular complexity index is 711. The van der Waals surface area contributed by atoms with Crippen LogP contribution in [-0.2, 0) is 11.2 Å². The van der Waals surface area contributed by atoms with E-state index in [1.54, 1.807) is 24.3 Å². The van der Waals surface area contributed by atoms with Crippen molar-refractivity contribution in [3.8, 4) is 5.75 Å². The molecule has 5 nitrogen and oxygen atoms in total. The molecule has 0 radical (unpaired) electrons. The van der Waals surface area contributed by atoms with Crippen LogP contribution in [0.3, 0.4) is 0 Å². The van der Waals surface area contributed by atoms with E-state index >= 15 is 0 Å². The number of ether oxygens (including phenoxy) is 1. The second kappa shape index (κ2) is 9.47. The van der Waals surface area contributed by atoms with Crippen LogP contribution in [0.25, 0.3) is 0 Å². The predicted molar refractivity (Wildman–Crippen MR) is 98.8 cm³/mol. The molecule has 0 fully saturated rings. The molecule has 0 unspecified atom stereocenters. The fourth-order valence-electron chi connectivity index (χ4n) is 2.46. The van der Waals surface area contributed by atoms with E-state index < -0.39 is 5.91 Å². The van der Waals surface area contributed by atoms with E-state index in [9.17, 15) is 9.59 Å². The molecule has 2 rings (SSSR count). The molecule has 0 saturated heterocycles. The van der Waals surface area contributed by atoms with E-state index in [0.29, 0.717) is 17.0 Å². The first-order chi connectivity index (χ1) is 12.1. The van der Waals surface area contributed by atoms with Crippen molar-refractivity contribution in [3.05, 3.63) is 59.7 Å². The number of nitrogens with one attached hydrogen (secondary N) is 1. The van der Waals surface area contributed by atoms with E-state index in [2.05, 4.69) is 12.2 Å². The Hall–Kier alpha value is -2.82. The number of para-hydroxylation sites is 1. The average Bonchev–Trinajstić information content (AvgIpc) is 2.62. The lowest BCUT2D eigenvalue weighted by Crippen LogP contribution is -2.21. The standard InChI is InChI=1S/C20H24N2O3/c1-2-3-4-7-15-10-12-16(13-11-15)22-20(24)17-8-5-6-9-18(17)25-14-19(21)23/h5-6,8-13H,2-4,7,14H2,1H3,(H2,21,23)(H,22,24). The van der Waals surface area contributed by atoms with Gasteiger partial charge in [0.25, 0.3) is 11.8 Å². The fraction of sp³-hybridized carbons (Fsp3) is 0.300. The molecule has 0 aliphatic rings. The van der Waals surface area contributed by atoms with E-state index in [1.807, 2.05) is 24.3 Å². The molecular formula is C20H24N2O3. The van der Waals surface area contributed by atoms with Crippen LogP contribution in [0.2, 0.25) is 0 Å². The van der Waals surface area contributed by atoms with Crippen molar-refractivity contribution in [2.45, 2.75) is 32.6 Å². The number of rotatable bonds is 9. The Kier molecular flexibility index (Phi) is 7.01. The minimum absolute atomic E-state index is 0.267. The number of carbonyl (C=O) groups is 2. The highest BCUT2D eigenvalue weighted by Crippen LogP contribution is 2.20. The topological polar surface area (TPSA) is 81.4 Å². The third kappa shape index (κ3) is 5.95. The molecule has 25 heavy (non-hydrogen) atoms. The maximum Gasteiger partial charge on any atom is 0.259 e. The largest absolute Gasteiger partial charge is 0.483 e. The summed E-state index contributed by atoms with van der Waals surface area (Å²) in [4.78, 5) is 23.3. The minimum atomic E-state index is -0.589. The van der Waals surface area contributed by atoms with Gasteiger partial charge in [-0.1, -0.05) is 44.0 Å². The molecule has 2 aromatic carbocycles. The highest BCUT2D eigenvalue weighted by molar-refractivity contribution is 6.06. The van der Waals surface area contributed by atoms with Crippen LogP contribution < -0.4 is 15.8 Å². The summed E-state index contributed by atoms with van der Waals surface area (Å²) < 4.78 is 5.30. The van der Waals surface area contributed by atoms with Gasteiger partial charge in [0.05, 0.1) is 5.56 Å². The number of amides is 2. The normalized spacial score (nSPS) is 10.3. The number of nitrogens with two attached hydrogens (primary N) is 1. The zero-order chi connectivity index (χ0) is 18.1. The van der Waals surface area contributed by atoms with Gasteiger partial charge in [-0.25, -0.2) is 0 Å². The Morgan fingerprint density at radius 3 is 2.44 bits per heavy atom. The molecule has 0 spiro atoms. The molecule has 0 aliphatic heterocycles. The minimum Gasteiger partial charge on any atom is -0.483 e. The first-order valence-electron chi connectivity index (χ1n) is 8.50. The summed E-state index contributed by atoms with van der Waals surface area (Å²) in [6.07, 6.45) is 4.64. The zero-order valence-corrected chi connectivity index (χ0v) is 14.5. The molecule has 0 saturated carbocycles. The summed E-state index contributed by atoms with van der Waals surface area (Å²) in [5.41, 5.74) is 7.42. The fourth-order valence-corrected chi connectivity index (χ4v) is 2.46. The van der Waals surface area contributed by atoms with Crippen LogP contribution >= 0.6 is 0 Å². The lowest BCUT2D eigenvalue weighted by molar-refractivity contribution is -0.119. The first-order valence-corrected chi connectivity index (χ1v) is 8.50. The van der Waals surface area contributed by atoms with Crippen molar-refractivity contribution in [3.63, 3.8) is 0 Å². The Balaban J connectivity index is 2.01. The second-order valence-electron chi connectivity index (χ2n) is 5.86. The Morgan fingerprint density at radius 1 is 1.04 bits per heavy atom. The summed E-state index contributed by atoms with van der Waals surface area (Å²) >= 11 is 0. The van der Waals surface area contributed by atoms with Gasteiger partial charge in [-0.2, -0.15) is 0 Å². The predicted octanol–water partition coefficient (Wildman–Crippen LogP) is 3.54. The Labute approximate surface area is 148 Å². The van der Waals surface area contributed by atoms with Gasteiger partial charge >= 0.3 is 0 Å². The van der Waals surface area contributed by atoms with Gasteiger partial charge in [-0.05, 0) is 42.7 Å². The van der Waals surface area contributed by atoms with Crippen molar-refractivity contribution in [2.24, 2.45) is 5.73 Å². The third-order valence-corrected chi connectivity index (χ3v) is 3.78. The van der Waals surface area contributed by atoms with Crippen LogP contribution in [0.5, 0.6) is 5.75 Å². The summed E-state index contributed by atoms with van der Waals surface area (Å²) in [5, 5.41) is 2.85. The van der Waals surface area contributed by atoms with E-state index in [-0.39, 0.29) is 12.5 Å². The molecule has 3 N–H and O–H groups in total. The van der Waals surface area contributed by atoms with Crippen LogP contribution in [0.4, 0.5) is 5.69 Å². The van der Waals surface area contributed by atoms with Gasteiger partial charge in [0.1, 0.15) is 5.75 Å². The average molecular weight is 340 g/mol. The number of carbonyl (C=O) groups excluding carboxylic acids is 2. The quantitative estimate of drug-likeness (QED) is 0.685. The number of benzene rings is 2. The first kappa shape index (κ1) is 18.5. The summed E-state index contributed by atoms with van der Waals surface area (Å²) in [6, 6.07) is 14.6. The molecule has 0 atom stereocenters. The molecule has 132 valence electrons. The molecule has 0 aliphatic carbocycles. The highest BCUT2D eigenvalue weighted by Gasteiger charge is 2.13. The maximum absolute atomic E-state index is 12.5. The van der Waals surface area contributed by atoms with Gasteiger partial charge in [0, 0.05) is 5.69 Å². The molecule has 0 heterocycles. The van der Waals surface area contributed by atoms with Crippen LogP contribution in [-0.4, -0.2) is 18.4 Å². The van der Waals surface area contributed by atoms with E-state index in [0.717, 1.165) is 6.42 Å². The van der Waals surface area contributed by atoms with Gasteiger partial charge in [-0.15, -0.1) is 0 Å². The number of hydrogen-bond acceptors (Lipinski definition) is 3. The number of aryl methyl sites for hydroxylation is 1. The van der Waals surface area contributed by atoms with E-state index in [1.165, 1.54) is 24.8 Å². The van der Waals surface area contributed by atoms with Crippen molar-refractivity contribution in [1.82, 2.24) is 0 Å². The van der Waals surface area contributed by atoms with Gasteiger partial charge in [0.2, 0.25) is 0 Å². The van der Waals surface area contributed by atoms with Crippen molar-refractivity contribution >= 4 is 17.5 Å². The molecule has 2 amide bonds. The molecule has 0 aromatic heterocycles. The SMILES string of the molecule is CCCCCc1ccc(NC(=O)c2ccccc2OCC(N)=O)cc1. The third-order valence-electron chi connectivity index (χ3n) is 3.78. The van der Waals surface area contributed by atoms with Crippen molar-refractivity contribution < 1.29 is 14.3 Å². The molecule has 5 heteroatoms. The lowest BCUT2D eigenvalue weighted by Gasteiger charge is -2.11. The zero-order valence-electron chi connectivity index (χ0n) is 14.5. The summed E-state index contributed by atoms with van der Waals surface area (Å²) in [6.45, 7) is 1.92. The molecule has 0 bridgehead atoms. The Morgan fingerprint density at radius 2 is 1.76 bits per heavy atom. The maximum atomic E-state index is 12.5. The number of anilines is 1. The van der Waals surface area contributed by atoms with Gasteiger partial charge < -0.3 is 15.8 Å². The summed E-state index contributed by atoms with van der Waals surface area (Å²) in [5.74, 6) is -0.553. The smallest absolute Gasteiger partial charge is 0.259 e. The highest BCUT2D eigenvalue weighted by atomic mass is 16.5. The summed E-state index contributed by atoms with van der Waals surface area (Å²) in [7, 11) is 0. The monoisotopic (exact) mass is 340 g/mol. The van der Waals surface area contributed by atoms with Crippen LogP contribution in [0.1, 0.15) is 42.1 Å². The molecule has 2 aromatic rings. The van der Waals surface area contributed by atoms with Gasteiger partial charge in [-0.3, -0.25) is 9.59 Å². The molecular weight excluding hydrogens is 316 g/mol. The number of unbranched alkanes of at least 4 members (excludes halogenated alkanes) is 2. The van der Waals surface area contributed by atoms with Crippen LogP contribution in [0.15, 0.2) is 48.5 Å². The lowest BCUT2D eigenvalue weighted by atomic mass is 10.1.